The zero-order valence-corrected chi connectivity index (χ0v) is 16.8. The largest absolute Gasteiger partial charge is 0.497 e. The SMILES string of the molecule is COc1ccc(CCOC(=O)CCc2c(C)c3ccc(OC)cc3oc2=O)cc1. The number of hydrogen-bond donors (Lipinski definition) is 0. The molecule has 2 aromatic carbocycles. The van der Waals surface area contributed by atoms with Crippen LogP contribution < -0.4 is 15.1 Å². The summed E-state index contributed by atoms with van der Waals surface area (Å²) in [7, 11) is 3.17. The second-order valence-electron chi connectivity index (χ2n) is 6.67. The van der Waals surface area contributed by atoms with Crippen LogP contribution in [0.5, 0.6) is 11.5 Å². The zero-order chi connectivity index (χ0) is 20.8. The van der Waals surface area contributed by atoms with Gasteiger partial charge in [0.2, 0.25) is 0 Å². The van der Waals surface area contributed by atoms with Crippen molar-refractivity contribution in [2.75, 3.05) is 20.8 Å². The molecule has 0 unspecified atom stereocenters. The van der Waals surface area contributed by atoms with Crippen LogP contribution >= 0.6 is 0 Å². The molecule has 0 spiro atoms. The number of methoxy groups -OCH3 is 2. The summed E-state index contributed by atoms with van der Waals surface area (Å²) in [4.78, 5) is 24.4. The third kappa shape index (κ3) is 4.96. The Morgan fingerprint density at radius 1 is 0.966 bits per heavy atom. The molecule has 0 N–H and O–H groups in total. The Bertz CT molecular complexity index is 1050. The highest BCUT2D eigenvalue weighted by atomic mass is 16.5. The summed E-state index contributed by atoms with van der Waals surface area (Å²) in [5.41, 5.74) is 2.40. The lowest BCUT2D eigenvalue weighted by atomic mass is 10.0. The van der Waals surface area contributed by atoms with Crippen LogP contribution in [0.3, 0.4) is 0 Å². The van der Waals surface area contributed by atoms with Crippen LogP contribution in [-0.4, -0.2) is 26.8 Å². The lowest BCUT2D eigenvalue weighted by Gasteiger charge is -2.09. The summed E-state index contributed by atoms with van der Waals surface area (Å²) in [5.74, 6) is 1.06. The minimum Gasteiger partial charge on any atom is -0.497 e. The molecule has 1 aromatic heterocycles. The van der Waals surface area contributed by atoms with Crippen LogP contribution in [0.25, 0.3) is 11.0 Å². The van der Waals surface area contributed by atoms with Crippen molar-refractivity contribution in [3.8, 4) is 11.5 Å². The summed E-state index contributed by atoms with van der Waals surface area (Å²) in [5, 5.41) is 0.827. The number of ether oxygens (including phenoxy) is 3. The Kier molecular flexibility index (Phi) is 6.54. The number of rotatable bonds is 8. The van der Waals surface area contributed by atoms with Crippen molar-refractivity contribution >= 4 is 16.9 Å². The predicted octanol–water partition coefficient (Wildman–Crippen LogP) is 3.84. The van der Waals surface area contributed by atoms with Gasteiger partial charge in [0.1, 0.15) is 17.1 Å². The molecule has 0 aliphatic heterocycles. The fourth-order valence-electron chi connectivity index (χ4n) is 3.16. The van der Waals surface area contributed by atoms with E-state index in [1.54, 1.807) is 20.3 Å². The van der Waals surface area contributed by atoms with Crippen molar-refractivity contribution in [2.45, 2.75) is 26.2 Å². The number of hydrogen-bond acceptors (Lipinski definition) is 6. The van der Waals surface area contributed by atoms with Crippen LogP contribution in [0, 0.1) is 6.92 Å². The number of carbonyl (C=O) groups excluding carboxylic acids is 1. The lowest BCUT2D eigenvalue weighted by molar-refractivity contribution is -0.143. The first-order chi connectivity index (χ1) is 14.0. The van der Waals surface area contributed by atoms with Gasteiger partial charge < -0.3 is 18.6 Å². The van der Waals surface area contributed by atoms with Gasteiger partial charge in [0.25, 0.3) is 0 Å². The molecule has 3 aromatic rings. The molecule has 29 heavy (non-hydrogen) atoms. The Morgan fingerprint density at radius 3 is 2.34 bits per heavy atom. The fourth-order valence-corrected chi connectivity index (χ4v) is 3.16. The molecular weight excluding hydrogens is 372 g/mol. The van der Waals surface area contributed by atoms with E-state index in [2.05, 4.69) is 0 Å². The summed E-state index contributed by atoms with van der Waals surface area (Å²) < 4.78 is 21.0. The molecule has 3 rings (SSSR count). The van der Waals surface area contributed by atoms with Crippen molar-refractivity contribution in [1.29, 1.82) is 0 Å². The van der Waals surface area contributed by atoms with E-state index in [9.17, 15) is 9.59 Å². The Balaban J connectivity index is 1.58. The van der Waals surface area contributed by atoms with Crippen LogP contribution in [-0.2, 0) is 22.4 Å². The molecule has 0 radical (unpaired) electrons. The van der Waals surface area contributed by atoms with Crippen LogP contribution in [0.15, 0.2) is 51.7 Å². The van der Waals surface area contributed by atoms with E-state index in [1.807, 2.05) is 43.3 Å². The summed E-state index contributed by atoms with van der Waals surface area (Å²) in [6, 6.07) is 13.0. The lowest BCUT2D eigenvalue weighted by Crippen LogP contribution is -2.14. The molecule has 0 saturated carbocycles. The molecule has 152 valence electrons. The summed E-state index contributed by atoms with van der Waals surface area (Å²) in [6.45, 7) is 2.15. The van der Waals surface area contributed by atoms with Crippen molar-refractivity contribution in [2.24, 2.45) is 0 Å². The van der Waals surface area contributed by atoms with Gasteiger partial charge in [-0.05, 0) is 48.7 Å². The number of aryl methyl sites for hydroxylation is 1. The van der Waals surface area contributed by atoms with Crippen LogP contribution in [0.1, 0.15) is 23.1 Å². The van der Waals surface area contributed by atoms with E-state index in [-0.39, 0.29) is 25.4 Å². The maximum Gasteiger partial charge on any atom is 0.339 e. The molecular formula is C23H24O6. The number of esters is 1. The van der Waals surface area contributed by atoms with E-state index in [0.717, 1.165) is 22.3 Å². The molecule has 0 bridgehead atoms. The average Bonchev–Trinajstić information content (AvgIpc) is 2.73. The minimum atomic E-state index is -0.436. The Labute approximate surface area is 169 Å². The molecule has 0 aliphatic rings. The Hall–Kier alpha value is -3.28. The molecule has 0 aliphatic carbocycles. The smallest absolute Gasteiger partial charge is 0.339 e. The first kappa shape index (κ1) is 20.5. The molecule has 0 amide bonds. The highest BCUT2D eigenvalue weighted by Gasteiger charge is 2.14. The average molecular weight is 396 g/mol. The highest BCUT2D eigenvalue weighted by molar-refractivity contribution is 5.82. The summed E-state index contributed by atoms with van der Waals surface area (Å²) >= 11 is 0. The maximum atomic E-state index is 12.3. The molecule has 6 heteroatoms. The van der Waals surface area contributed by atoms with E-state index in [0.29, 0.717) is 23.3 Å². The van der Waals surface area contributed by atoms with Crippen molar-refractivity contribution in [1.82, 2.24) is 0 Å². The quantitative estimate of drug-likeness (QED) is 0.425. The van der Waals surface area contributed by atoms with Crippen molar-refractivity contribution < 1.29 is 23.4 Å². The molecule has 0 fully saturated rings. The van der Waals surface area contributed by atoms with Gasteiger partial charge in [-0.15, -0.1) is 0 Å². The van der Waals surface area contributed by atoms with E-state index < -0.39 is 5.63 Å². The third-order valence-corrected chi connectivity index (χ3v) is 4.89. The van der Waals surface area contributed by atoms with E-state index in [4.69, 9.17) is 18.6 Å². The minimum absolute atomic E-state index is 0.121. The van der Waals surface area contributed by atoms with Crippen molar-refractivity contribution in [3.63, 3.8) is 0 Å². The second-order valence-corrected chi connectivity index (χ2v) is 6.67. The molecule has 6 nitrogen and oxygen atoms in total. The van der Waals surface area contributed by atoms with Gasteiger partial charge in [0, 0.05) is 29.9 Å². The van der Waals surface area contributed by atoms with Crippen molar-refractivity contribution in [3.05, 3.63) is 69.6 Å². The third-order valence-electron chi connectivity index (χ3n) is 4.89. The van der Waals surface area contributed by atoms with Gasteiger partial charge in [-0.2, -0.15) is 0 Å². The standard InChI is InChI=1S/C23H24O6/c1-15-19-9-8-18(27-3)14-21(19)29-23(25)20(15)10-11-22(24)28-13-12-16-4-6-17(26-2)7-5-16/h4-9,14H,10-13H2,1-3H3. The topological polar surface area (TPSA) is 75.0 Å². The first-order valence-electron chi connectivity index (χ1n) is 9.40. The molecule has 0 saturated heterocycles. The monoisotopic (exact) mass is 396 g/mol. The van der Waals surface area contributed by atoms with Gasteiger partial charge >= 0.3 is 11.6 Å². The van der Waals surface area contributed by atoms with Gasteiger partial charge in [-0.1, -0.05) is 12.1 Å². The number of carbonyl (C=O) groups is 1. The molecule has 1 heterocycles. The van der Waals surface area contributed by atoms with Crippen LogP contribution in [0.2, 0.25) is 0 Å². The maximum absolute atomic E-state index is 12.3. The van der Waals surface area contributed by atoms with Gasteiger partial charge in [0.05, 0.1) is 20.8 Å². The number of fused-ring (bicyclic) bond motifs is 1. The summed E-state index contributed by atoms with van der Waals surface area (Å²) in [6.07, 6.45) is 1.02. The van der Waals surface area contributed by atoms with Gasteiger partial charge in [0.15, 0.2) is 0 Å². The van der Waals surface area contributed by atoms with E-state index in [1.165, 1.54) is 0 Å². The molecule has 0 atom stereocenters. The number of benzene rings is 2. The normalized spacial score (nSPS) is 10.7. The van der Waals surface area contributed by atoms with Gasteiger partial charge in [-0.3, -0.25) is 4.79 Å². The first-order valence-corrected chi connectivity index (χ1v) is 9.40. The van der Waals surface area contributed by atoms with Crippen LogP contribution in [0.4, 0.5) is 0 Å². The zero-order valence-electron chi connectivity index (χ0n) is 16.8. The second kappa shape index (κ2) is 9.28. The highest BCUT2D eigenvalue weighted by Crippen LogP contribution is 2.24. The fraction of sp³-hybridized carbons (Fsp3) is 0.304. The predicted molar refractivity (Wildman–Crippen MR) is 110 cm³/mol. The van der Waals surface area contributed by atoms with E-state index >= 15 is 0 Å². The van der Waals surface area contributed by atoms with Gasteiger partial charge in [-0.25, -0.2) is 4.79 Å². The Morgan fingerprint density at radius 2 is 1.66 bits per heavy atom.